The number of halogens is 1. The summed E-state index contributed by atoms with van der Waals surface area (Å²) in [4.78, 5) is 52.2. The Morgan fingerprint density at radius 2 is 1.55 bits per heavy atom. The number of nitro benzene ring substituents is 1. The van der Waals surface area contributed by atoms with Crippen LogP contribution in [0.3, 0.4) is 0 Å². The number of hydrogen-bond donors (Lipinski definition) is 3. The molecule has 234 valence electrons. The van der Waals surface area contributed by atoms with Gasteiger partial charge in [-0.05, 0) is 89.8 Å². The number of nitro groups is 1. The molecule has 0 saturated carbocycles. The minimum absolute atomic E-state index is 0.0918. The van der Waals surface area contributed by atoms with Crippen molar-refractivity contribution in [3.8, 4) is 0 Å². The van der Waals surface area contributed by atoms with Crippen LogP contribution < -0.4 is 16.0 Å². The molecule has 0 atom stereocenters. The van der Waals surface area contributed by atoms with E-state index in [2.05, 4.69) is 16.0 Å². The number of rotatable bonds is 11. The zero-order valence-corrected chi connectivity index (χ0v) is 25.3. The van der Waals surface area contributed by atoms with Gasteiger partial charge in [-0.25, -0.2) is 9.59 Å². The quantitative estimate of drug-likeness (QED) is 0.171. The van der Waals surface area contributed by atoms with E-state index in [0.29, 0.717) is 29.9 Å². The molecule has 0 heterocycles. The second kappa shape index (κ2) is 14.9. The first-order valence-corrected chi connectivity index (χ1v) is 13.9. The van der Waals surface area contributed by atoms with Gasteiger partial charge in [0.2, 0.25) is 5.82 Å². The van der Waals surface area contributed by atoms with Gasteiger partial charge in [0.15, 0.2) is 0 Å². The van der Waals surface area contributed by atoms with Crippen LogP contribution in [0.15, 0.2) is 66.7 Å². The van der Waals surface area contributed by atoms with Crippen molar-refractivity contribution in [2.45, 2.75) is 39.3 Å². The van der Waals surface area contributed by atoms with Crippen molar-refractivity contribution in [1.29, 1.82) is 0 Å². The highest BCUT2D eigenvalue weighted by Gasteiger charge is 2.20. The molecule has 4 amide bonds. The van der Waals surface area contributed by atoms with E-state index in [0.717, 1.165) is 24.2 Å². The molecule has 0 aliphatic rings. The van der Waals surface area contributed by atoms with Crippen LogP contribution in [0, 0.1) is 15.9 Å². The fourth-order valence-electron chi connectivity index (χ4n) is 4.05. The summed E-state index contributed by atoms with van der Waals surface area (Å²) in [6, 6.07) is 16.0. The van der Waals surface area contributed by atoms with E-state index >= 15 is 0 Å². The van der Waals surface area contributed by atoms with E-state index in [1.54, 1.807) is 69.3 Å². The van der Waals surface area contributed by atoms with Crippen molar-refractivity contribution < 1.29 is 28.4 Å². The lowest BCUT2D eigenvalue weighted by Gasteiger charge is -2.24. The molecule has 0 aliphatic heterocycles. The summed E-state index contributed by atoms with van der Waals surface area (Å²) >= 11 is 0. The zero-order chi connectivity index (χ0) is 32.4. The average Bonchev–Trinajstić information content (AvgIpc) is 2.93. The number of urea groups is 1. The lowest BCUT2D eigenvalue weighted by atomic mass is 10.1. The maximum Gasteiger partial charge on any atom is 0.412 e. The standard InChI is InChI=1S/C31H37FN6O6/c1-31(2,3)44-30(41)35-26-10-7-6-9-25(26)34-28(39)22-13-11-21(12-14-22)20-37(18-8-17-36(4)5)29(40)33-23-15-16-24(32)27(19-23)38(42)43/h6-7,9-16,19H,8,17-18,20H2,1-5H3,(H,33,40)(H,34,39)(H,35,41). The second-order valence-electron chi connectivity index (χ2n) is 11.3. The molecule has 0 radical (unpaired) electrons. The number of para-hydroxylation sites is 2. The Balaban J connectivity index is 1.70. The number of benzene rings is 3. The fraction of sp³-hybridized carbons (Fsp3) is 0.323. The predicted octanol–water partition coefficient (Wildman–Crippen LogP) is 6.32. The van der Waals surface area contributed by atoms with Gasteiger partial charge in [-0.15, -0.1) is 0 Å². The van der Waals surface area contributed by atoms with E-state index in [1.165, 1.54) is 11.0 Å². The first-order valence-electron chi connectivity index (χ1n) is 13.9. The van der Waals surface area contributed by atoms with Crippen LogP contribution in [0.2, 0.25) is 0 Å². The summed E-state index contributed by atoms with van der Waals surface area (Å²) in [5, 5.41) is 19.2. The Labute approximate surface area is 255 Å². The maximum atomic E-state index is 13.8. The third-order valence-corrected chi connectivity index (χ3v) is 6.12. The second-order valence-corrected chi connectivity index (χ2v) is 11.3. The minimum Gasteiger partial charge on any atom is -0.444 e. The van der Waals surface area contributed by atoms with Crippen molar-refractivity contribution >= 4 is 40.8 Å². The summed E-state index contributed by atoms with van der Waals surface area (Å²) in [6.45, 7) is 6.52. The largest absolute Gasteiger partial charge is 0.444 e. The number of hydrogen-bond acceptors (Lipinski definition) is 7. The molecular formula is C31H37FN6O6. The van der Waals surface area contributed by atoms with Crippen LogP contribution in [0.25, 0.3) is 0 Å². The number of ether oxygens (including phenoxy) is 1. The van der Waals surface area contributed by atoms with Crippen molar-refractivity contribution in [2.75, 3.05) is 43.1 Å². The SMILES string of the molecule is CN(C)CCCN(Cc1ccc(C(=O)Nc2ccccc2NC(=O)OC(C)(C)C)cc1)C(=O)Nc1ccc(F)c([N+](=O)[O-])c1. The molecule has 0 aliphatic carbocycles. The maximum absolute atomic E-state index is 13.8. The van der Waals surface area contributed by atoms with Gasteiger partial charge in [0.25, 0.3) is 5.91 Å². The predicted molar refractivity (Wildman–Crippen MR) is 166 cm³/mol. The molecule has 3 N–H and O–H groups in total. The summed E-state index contributed by atoms with van der Waals surface area (Å²) in [5.41, 5.74) is 0.513. The molecule has 0 fully saturated rings. The molecule has 0 saturated heterocycles. The number of amides is 4. The Morgan fingerprint density at radius 3 is 2.14 bits per heavy atom. The van der Waals surface area contributed by atoms with Gasteiger partial charge < -0.3 is 25.2 Å². The smallest absolute Gasteiger partial charge is 0.412 e. The fourth-order valence-corrected chi connectivity index (χ4v) is 4.05. The van der Waals surface area contributed by atoms with Gasteiger partial charge in [0, 0.05) is 30.4 Å². The van der Waals surface area contributed by atoms with Crippen LogP contribution in [-0.2, 0) is 11.3 Å². The van der Waals surface area contributed by atoms with Crippen LogP contribution in [0.1, 0.15) is 43.1 Å². The van der Waals surface area contributed by atoms with Gasteiger partial charge in [-0.2, -0.15) is 4.39 Å². The minimum atomic E-state index is -0.997. The van der Waals surface area contributed by atoms with Crippen LogP contribution >= 0.6 is 0 Å². The van der Waals surface area contributed by atoms with Crippen molar-refractivity contribution in [3.05, 3.63) is 93.8 Å². The molecule has 13 heteroatoms. The highest BCUT2D eigenvalue weighted by Crippen LogP contribution is 2.24. The van der Waals surface area contributed by atoms with E-state index in [-0.39, 0.29) is 12.2 Å². The monoisotopic (exact) mass is 608 g/mol. The van der Waals surface area contributed by atoms with Gasteiger partial charge >= 0.3 is 17.8 Å². The molecule has 12 nitrogen and oxygen atoms in total. The topological polar surface area (TPSA) is 146 Å². The van der Waals surface area contributed by atoms with Gasteiger partial charge in [0.05, 0.1) is 16.3 Å². The third kappa shape index (κ3) is 10.3. The first-order chi connectivity index (χ1) is 20.7. The van der Waals surface area contributed by atoms with Crippen LogP contribution in [0.4, 0.5) is 36.7 Å². The molecule has 3 rings (SSSR count). The van der Waals surface area contributed by atoms with E-state index in [1.807, 2.05) is 19.0 Å². The van der Waals surface area contributed by atoms with Gasteiger partial charge in [0.1, 0.15) is 5.60 Å². The lowest BCUT2D eigenvalue weighted by molar-refractivity contribution is -0.387. The molecular weight excluding hydrogens is 571 g/mol. The molecule has 0 spiro atoms. The van der Waals surface area contributed by atoms with E-state index < -0.39 is 40.1 Å². The molecule has 0 unspecified atom stereocenters. The zero-order valence-electron chi connectivity index (χ0n) is 25.3. The Bertz CT molecular complexity index is 1490. The summed E-state index contributed by atoms with van der Waals surface area (Å²) in [6.07, 6.45) is 0.00155. The highest BCUT2D eigenvalue weighted by molar-refractivity contribution is 6.06. The number of carbonyl (C=O) groups excluding carboxylic acids is 3. The molecule has 3 aromatic rings. The summed E-state index contributed by atoms with van der Waals surface area (Å²) < 4.78 is 19.1. The number of anilines is 3. The van der Waals surface area contributed by atoms with Crippen molar-refractivity contribution in [3.63, 3.8) is 0 Å². The number of nitrogens with one attached hydrogen (secondary N) is 3. The van der Waals surface area contributed by atoms with Gasteiger partial charge in [-0.3, -0.25) is 20.2 Å². The summed E-state index contributed by atoms with van der Waals surface area (Å²) in [5.74, 6) is -1.41. The molecule has 0 bridgehead atoms. The molecule has 3 aromatic carbocycles. The van der Waals surface area contributed by atoms with Crippen LogP contribution in [0.5, 0.6) is 0 Å². The Morgan fingerprint density at radius 1 is 0.909 bits per heavy atom. The Hall–Kier alpha value is -5.04. The van der Waals surface area contributed by atoms with Gasteiger partial charge in [-0.1, -0.05) is 24.3 Å². The lowest BCUT2D eigenvalue weighted by Crippen LogP contribution is -2.36. The average molecular weight is 609 g/mol. The summed E-state index contributed by atoms with van der Waals surface area (Å²) in [7, 11) is 3.83. The third-order valence-electron chi connectivity index (χ3n) is 6.12. The van der Waals surface area contributed by atoms with Crippen molar-refractivity contribution in [1.82, 2.24) is 9.80 Å². The normalized spacial score (nSPS) is 11.1. The molecule has 0 aromatic heterocycles. The molecule has 44 heavy (non-hydrogen) atoms. The first kappa shape index (κ1) is 33.5. The highest BCUT2D eigenvalue weighted by atomic mass is 19.1. The van der Waals surface area contributed by atoms with Crippen LogP contribution in [-0.4, -0.2) is 65.5 Å². The van der Waals surface area contributed by atoms with E-state index in [9.17, 15) is 28.9 Å². The Kier molecular flexibility index (Phi) is 11.3. The number of nitrogens with zero attached hydrogens (tertiary/aromatic N) is 3. The number of carbonyl (C=O) groups is 3. The van der Waals surface area contributed by atoms with Crippen molar-refractivity contribution in [2.24, 2.45) is 0 Å². The van der Waals surface area contributed by atoms with E-state index in [4.69, 9.17) is 4.74 Å².